The zero-order valence-electron chi connectivity index (χ0n) is 23.7. The maximum atomic E-state index is 14.8. The molecule has 0 spiro atoms. The van der Waals surface area contributed by atoms with Crippen LogP contribution in [0.2, 0.25) is 0 Å². The highest BCUT2D eigenvalue weighted by Gasteiger charge is 2.43. The zero-order chi connectivity index (χ0) is 28.9. The molecule has 5 rings (SSSR count). The lowest BCUT2D eigenvalue weighted by molar-refractivity contribution is -0.130. The first kappa shape index (κ1) is 29.4. The summed E-state index contributed by atoms with van der Waals surface area (Å²) in [6, 6.07) is 8.57. The number of aliphatic hydroxyl groups excluding tert-OH is 1. The summed E-state index contributed by atoms with van der Waals surface area (Å²) in [5.74, 6) is 0.0266. The number of benzene rings is 1. The van der Waals surface area contributed by atoms with Gasteiger partial charge in [-0.05, 0) is 74.8 Å². The van der Waals surface area contributed by atoms with Gasteiger partial charge in [-0.25, -0.2) is 9.82 Å². The average molecular weight is 569 g/mol. The third kappa shape index (κ3) is 6.69. The largest absolute Gasteiger partial charge is 0.496 e. The number of methoxy groups -OCH3 is 1. The van der Waals surface area contributed by atoms with Crippen molar-refractivity contribution in [3.05, 3.63) is 59.2 Å². The number of halogens is 1. The number of hydrogen-bond acceptors (Lipinski definition) is 8. The Bertz CT molecular complexity index is 1230. The Hall–Kier alpha value is -3.12. The van der Waals surface area contributed by atoms with E-state index in [1.165, 1.54) is 18.7 Å². The number of nitrogens with one attached hydrogen (secondary N) is 4. The van der Waals surface area contributed by atoms with E-state index in [0.29, 0.717) is 36.7 Å². The van der Waals surface area contributed by atoms with Crippen LogP contribution in [0.3, 0.4) is 0 Å². The Labute approximate surface area is 240 Å². The molecule has 4 unspecified atom stereocenters. The van der Waals surface area contributed by atoms with Gasteiger partial charge in [-0.3, -0.25) is 24.9 Å². The summed E-state index contributed by atoms with van der Waals surface area (Å²) in [6.07, 6.45) is 5.46. The molecule has 41 heavy (non-hydrogen) atoms. The number of carbonyl (C=O) groups excluding carboxylic acids is 2. The van der Waals surface area contributed by atoms with Gasteiger partial charge in [0.25, 0.3) is 0 Å². The minimum atomic E-state index is -0.505. The molecule has 11 heteroatoms. The van der Waals surface area contributed by atoms with Crippen molar-refractivity contribution in [3.63, 3.8) is 0 Å². The summed E-state index contributed by atoms with van der Waals surface area (Å²) >= 11 is 0. The van der Waals surface area contributed by atoms with Gasteiger partial charge in [0.2, 0.25) is 11.8 Å². The number of aliphatic hydroxyl groups is 1. The fraction of sp³-hybridized carbons (Fsp3) is 0.567. The summed E-state index contributed by atoms with van der Waals surface area (Å²) in [5, 5.41) is 15.2. The van der Waals surface area contributed by atoms with Gasteiger partial charge >= 0.3 is 0 Å². The number of carbonyl (C=O) groups is 2. The number of ether oxygens (including phenoxy) is 1. The average Bonchev–Trinajstić information content (AvgIpc) is 3.40. The van der Waals surface area contributed by atoms with E-state index in [0.717, 1.165) is 25.0 Å². The van der Waals surface area contributed by atoms with Crippen molar-refractivity contribution in [3.8, 4) is 5.75 Å². The molecule has 2 amide bonds. The van der Waals surface area contributed by atoms with Crippen LogP contribution in [0, 0.1) is 24.6 Å². The SMILES string of the molecule is COc1cccc(F)c1CN1C[C@H](NC(=O)C2CCC3NNC(c4ccnc(C)c4)C3C2)CC[C@H]1C(=O)NCCO. The Balaban J connectivity index is 1.26. The van der Waals surface area contributed by atoms with Crippen LogP contribution in [0.4, 0.5) is 4.39 Å². The molecule has 3 heterocycles. The van der Waals surface area contributed by atoms with Gasteiger partial charge < -0.3 is 20.5 Å². The molecule has 3 fully saturated rings. The number of rotatable bonds is 9. The van der Waals surface area contributed by atoms with Crippen molar-refractivity contribution < 1.29 is 23.8 Å². The van der Waals surface area contributed by atoms with Crippen molar-refractivity contribution in [2.24, 2.45) is 11.8 Å². The molecule has 10 nitrogen and oxygen atoms in total. The van der Waals surface area contributed by atoms with Crippen LogP contribution in [0.5, 0.6) is 5.75 Å². The number of fused-ring (bicyclic) bond motifs is 1. The van der Waals surface area contributed by atoms with E-state index >= 15 is 0 Å². The summed E-state index contributed by atoms with van der Waals surface area (Å²) in [4.78, 5) is 32.7. The molecule has 1 aromatic heterocycles. The third-order valence-corrected chi connectivity index (χ3v) is 8.80. The van der Waals surface area contributed by atoms with Gasteiger partial charge in [0.05, 0.1) is 25.8 Å². The first-order valence-electron chi connectivity index (χ1n) is 14.6. The van der Waals surface area contributed by atoms with Crippen LogP contribution in [0.25, 0.3) is 0 Å². The first-order chi connectivity index (χ1) is 19.9. The van der Waals surface area contributed by atoms with Crippen molar-refractivity contribution in [1.82, 2.24) is 31.4 Å². The summed E-state index contributed by atoms with van der Waals surface area (Å²) < 4.78 is 20.2. The quantitative estimate of drug-likeness (QED) is 0.310. The number of aryl methyl sites for hydroxylation is 1. The van der Waals surface area contributed by atoms with Crippen LogP contribution in [0.1, 0.15) is 55.0 Å². The van der Waals surface area contributed by atoms with Crippen LogP contribution in [-0.2, 0) is 16.1 Å². The molecule has 1 saturated carbocycles. The van der Waals surface area contributed by atoms with Crippen LogP contribution >= 0.6 is 0 Å². The van der Waals surface area contributed by atoms with Crippen LogP contribution in [0.15, 0.2) is 36.5 Å². The second-order valence-electron chi connectivity index (χ2n) is 11.4. The molecule has 2 aliphatic heterocycles. The molecule has 5 N–H and O–H groups in total. The second kappa shape index (κ2) is 13.2. The fourth-order valence-corrected chi connectivity index (χ4v) is 6.72. The van der Waals surface area contributed by atoms with Gasteiger partial charge in [-0.1, -0.05) is 6.07 Å². The number of likely N-dealkylation sites (tertiary alicyclic amines) is 1. The van der Waals surface area contributed by atoms with Gasteiger partial charge in [-0.2, -0.15) is 0 Å². The zero-order valence-corrected chi connectivity index (χ0v) is 23.7. The van der Waals surface area contributed by atoms with E-state index in [-0.39, 0.29) is 55.4 Å². The lowest BCUT2D eigenvalue weighted by Gasteiger charge is -2.40. The number of hydrogen-bond donors (Lipinski definition) is 5. The van der Waals surface area contributed by atoms with Gasteiger partial charge in [0.1, 0.15) is 11.6 Å². The summed E-state index contributed by atoms with van der Waals surface area (Å²) in [6.45, 7) is 2.55. The monoisotopic (exact) mass is 568 g/mol. The van der Waals surface area contributed by atoms with Crippen LogP contribution < -0.4 is 26.2 Å². The highest BCUT2D eigenvalue weighted by atomic mass is 19.1. The Morgan fingerprint density at radius 3 is 2.80 bits per heavy atom. The Morgan fingerprint density at radius 2 is 2.02 bits per heavy atom. The Morgan fingerprint density at radius 1 is 1.17 bits per heavy atom. The maximum Gasteiger partial charge on any atom is 0.237 e. The van der Waals surface area contributed by atoms with E-state index in [4.69, 9.17) is 4.74 Å². The standard InChI is InChI=1S/C30H41FN6O4/c1-18-14-19(10-11-32-18)28-22-15-20(6-8-25(22)35-36-28)29(39)34-21-7-9-26(30(40)33-12-13-38)37(16-21)17-23-24(31)4-3-5-27(23)41-2/h3-5,10-11,14,20-22,25-26,28,35-36,38H,6-9,12-13,15-17H2,1-2H3,(H,33,40)(H,34,39)/t20?,21-,22?,25?,26+,28?/m1/s1. The fourth-order valence-electron chi connectivity index (χ4n) is 6.72. The van der Waals surface area contributed by atoms with E-state index in [1.807, 2.05) is 24.1 Å². The number of nitrogens with zero attached hydrogens (tertiary/aromatic N) is 2. The summed E-state index contributed by atoms with van der Waals surface area (Å²) in [7, 11) is 1.49. The molecule has 0 bridgehead atoms. The molecule has 3 aliphatic rings. The highest BCUT2D eigenvalue weighted by molar-refractivity contribution is 5.82. The van der Waals surface area contributed by atoms with Crippen molar-refractivity contribution >= 4 is 11.8 Å². The second-order valence-corrected chi connectivity index (χ2v) is 11.4. The number of hydrazine groups is 1. The van der Waals surface area contributed by atoms with Gasteiger partial charge in [0, 0.05) is 55.1 Å². The normalized spacial score (nSPS) is 28.1. The number of pyridine rings is 1. The van der Waals surface area contributed by atoms with Gasteiger partial charge in [0.15, 0.2) is 0 Å². The van der Waals surface area contributed by atoms with E-state index in [9.17, 15) is 19.1 Å². The lowest BCUT2D eigenvalue weighted by atomic mass is 9.74. The van der Waals surface area contributed by atoms with E-state index in [1.54, 1.807) is 12.1 Å². The topological polar surface area (TPSA) is 128 Å². The van der Waals surface area contributed by atoms with Gasteiger partial charge in [-0.15, -0.1) is 0 Å². The molecule has 222 valence electrons. The predicted octanol–water partition coefficient (Wildman–Crippen LogP) is 1.73. The molecule has 6 atom stereocenters. The smallest absolute Gasteiger partial charge is 0.237 e. The third-order valence-electron chi connectivity index (χ3n) is 8.80. The molecule has 0 radical (unpaired) electrons. The van der Waals surface area contributed by atoms with Crippen molar-refractivity contribution in [1.29, 1.82) is 0 Å². The molecular weight excluding hydrogens is 527 g/mol. The lowest BCUT2D eigenvalue weighted by Crippen LogP contribution is -2.57. The van der Waals surface area contributed by atoms with E-state index in [2.05, 4.69) is 32.5 Å². The molecule has 2 aromatic rings. The Kier molecular flexibility index (Phi) is 9.49. The minimum Gasteiger partial charge on any atom is -0.496 e. The first-order valence-corrected chi connectivity index (χ1v) is 14.6. The minimum absolute atomic E-state index is 0.0385. The van der Waals surface area contributed by atoms with Crippen LogP contribution in [-0.4, -0.2) is 71.7 Å². The predicted molar refractivity (Wildman–Crippen MR) is 151 cm³/mol. The number of aromatic nitrogens is 1. The summed E-state index contributed by atoms with van der Waals surface area (Å²) in [5.41, 5.74) is 9.40. The highest BCUT2D eigenvalue weighted by Crippen LogP contribution is 2.40. The van der Waals surface area contributed by atoms with Crippen molar-refractivity contribution in [2.45, 2.75) is 69.7 Å². The van der Waals surface area contributed by atoms with E-state index < -0.39 is 11.9 Å². The molecule has 1 aliphatic carbocycles. The maximum absolute atomic E-state index is 14.8. The number of piperidine rings is 1. The molecular formula is C30H41FN6O4. The number of amides is 2. The molecule has 2 saturated heterocycles. The van der Waals surface area contributed by atoms with Crippen molar-refractivity contribution in [2.75, 3.05) is 26.8 Å². The molecule has 1 aromatic carbocycles.